The molecule has 10 bridgehead atoms. The molecule has 24 atom stereocenters. The highest BCUT2D eigenvalue weighted by atomic mass is 35.5. The van der Waals surface area contributed by atoms with Crippen molar-refractivity contribution in [3.05, 3.63) is 60.2 Å². The third kappa shape index (κ3) is 18.1. The molecule has 7 rings (SSSR count). The summed E-state index contributed by atoms with van der Waals surface area (Å²) in [7, 11) is 1.58. The van der Waals surface area contributed by atoms with Crippen LogP contribution in [0.25, 0.3) is 0 Å². The Kier molecular flexibility index (Phi) is 23.6. The summed E-state index contributed by atoms with van der Waals surface area (Å²) in [5.74, 6) is -11.8. The Labute approximate surface area is 506 Å². The number of carbonyl (C=O) groups is 4. The second-order valence-electron chi connectivity index (χ2n) is 26.5. The van der Waals surface area contributed by atoms with Crippen molar-refractivity contribution in [3.8, 4) is 0 Å². The summed E-state index contributed by atoms with van der Waals surface area (Å²) in [4.78, 5) is 54.4. The molecule has 1 saturated carbocycles. The normalized spacial score (nSPS) is 44.5. The minimum atomic E-state index is -2.28. The Balaban J connectivity index is 1.22. The molecule has 0 amide bonds. The van der Waals surface area contributed by atoms with Crippen molar-refractivity contribution in [2.24, 2.45) is 35.5 Å². The SMILES string of the molecule is C=C(Cl)/C=C/[C@@H](O)CC(=C)C[C@H]1C[C@@H]2[C@H](C)[C@@H](OC(=O)C[C@H]3C[C@H](OC(C)=O)C[C@@]4(C[C@@](C)(O)C[C@H](CC(=C)[C@@H](C)[C@H](OC(C)=O)[C@H](C)C(=O)C[C@@H]5C[C@H](OC)C[C@@]6(C[C@@H](O)C[C@H](/C=C\CCC[C@H]7O[C@](O)(C[C@H](O)[C@H]7C)[C@H]2O)O6)O5)O4)O3)[C@@H]1O. The fourth-order valence-corrected chi connectivity index (χ4v) is 14.9. The predicted molar refractivity (Wildman–Crippen MR) is 311 cm³/mol. The van der Waals surface area contributed by atoms with Gasteiger partial charge in [0, 0.05) is 108 Å². The Bertz CT molecular complexity index is 2430. The van der Waals surface area contributed by atoms with Gasteiger partial charge >= 0.3 is 17.9 Å². The molecule has 0 aromatic heterocycles. The zero-order valence-corrected chi connectivity index (χ0v) is 51.8. The third-order valence-electron chi connectivity index (χ3n) is 19.0. The molecule has 0 radical (unpaired) electrons. The zero-order chi connectivity index (χ0) is 62.5. The summed E-state index contributed by atoms with van der Waals surface area (Å²) in [6.07, 6.45) is -4.36. The largest absolute Gasteiger partial charge is 0.462 e. The van der Waals surface area contributed by atoms with E-state index in [1.807, 2.05) is 19.1 Å². The zero-order valence-electron chi connectivity index (χ0n) is 51.0. The lowest BCUT2D eigenvalue weighted by molar-refractivity contribution is -0.349. The number of hydrogen-bond acceptors (Lipinski definition) is 20. The fraction of sp³-hybridized carbons (Fsp3) is 0.781. The van der Waals surface area contributed by atoms with Crippen LogP contribution in [0.4, 0.5) is 0 Å². The van der Waals surface area contributed by atoms with Gasteiger partial charge in [-0.25, -0.2) is 0 Å². The quantitative estimate of drug-likeness (QED) is 0.0542. The molecule has 0 unspecified atom stereocenters. The summed E-state index contributed by atoms with van der Waals surface area (Å²) < 4.78 is 57.2. The van der Waals surface area contributed by atoms with Crippen molar-refractivity contribution in [1.29, 1.82) is 0 Å². The van der Waals surface area contributed by atoms with Crippen molar-refractivity contribution in [2.75, 3.05) is 7.11 Å². The van der Waals surface area contributed by atoms with E-state index in [1.165, 1.54) is 26.0 Å². The van der Waals surface area contributed by atoms with E-state index in [2.05, 4.69) is 19.7 Å². The summed E-state index contributed by atoms with van der Waals surface area (Å²) in [5.41, 5.74) is -0.359. The van der Waals surface area contributed by atoms with Crippen LogP contribution < -0.4 is 0 Å². The maximum absolute atomic E-state index is 14.5. The van der Waals surface area contributed by atoms with Crippen molar-refractivity contribution in [3.63, 3.8) is 0 Å². The van der Waals surface area contributed by atoms with E-state index in [0.29, 0.717) is 43.3 Å². The number of methoxy groups -OCH3 is 1. The van der Waals surface area contributed by atoms with E-state index in [9.17, 15) is 54.9 Å². The number of aliphatic hydroxyl groups is 7. The van der Waals surface area contributed by atoms with Crippen LogP contribution >= 0.6 is 11.6 Å². The molecule has 5 saturated heterocycles. The number of allylic oxidation sites excluding steroid dienone is 3. The Morgan fingerprint density at radius 2 is 1.47 bits per heavy atom. The molecule has 6 fully saturated rings. The Morgan fingerprint density at radius 3 is 2.15 bits per heavy atom. The molecule has 6 heterocycles. The molecule has 480 valence electrons. The third-order valence-corrected chi connectivity index (χ3v) is 19.1. The van der Waals surface area contributed by atoms with Crippen LogP contribution in [0, 0.1) is 35.5 Å². The number of ether oxygens (including phenoxy) is 9. The van der Waals surface area contributed by atoms with Crippen molar-refractivity contribution >= 4 is 35.3 Å². The highest BCUT2D eigenvalue weighted by molar-refractivity contribution is 6.30. The van der Waals surface area contributed by atoms with Crippen molar-refractivity contribution in [2.45, 2.75) is 272 Å². The Hall–Kier alpha value is -3.45. The van der Waals surface area contributed by atoms with Crippen molar-refractivity contribution < 1.29 is 97.6 Å². The van der Waals surface area contributed by atoms with E-state index in [0.717, 1.165) is 0 Å². The Morgan fingerprint density at radius 1 is 0.812 bits per heavy atom. The van der Waals surface area contributed by atoms with E-state index in [1.54, 1.807) is 34.8 Å². The summed E-state index contributed by atoms with van der Waals surface area (Å²) >= 11 is 5.91. The monoisotopic (exact) mass is 1220 g/mol. The lowest BCUT2D eigenvalue weighted by Crippen LogP contribution is -2.62. The molecule has 0 aromatic carbocycles. The highest BCUT2D eigenvalue weighted by Gasteiger charge is 2.57. The van der Waals surface area contributed by atoms with Gasteiger partial charge in [-0.2, -0.15) is 0 Å². The lowest BCUT2D eigenvalue weighted by Gasteiger charge is -2.52. The topological polar surface area (TPSA) is 293 Å². The first-order valence-corrected chi connectivity index (χ1v) is 31.0. The molecule has 1 aliphatic carbocycles. The first kappa shape index (κ1) is 69.0. The van der Waals surface area contributed by atoms with Crippen molar-refractivity contribution in [1.82, 2.24) is 0 Å². The minimum Gasteiger partial charge on any atom is -0.462 e. The number of carbonyl (C=O) groups excluding carboxylic acids is 4. The average Bonchev–Trinajstić information content (AvgIpc) is 1.35. The number of hydrogen-bond donors (Lipinski definition) is 7. The van der Waals surface area contributed by atoms with E-state index < -0.39 is 162 Å². The standard InChI is InChI=1S/C64H97ClO20/c1-34(20-44(68)18-17-36(3)65)19-43-22-52-38(5)59(57(43)73)80-56(72)27-48-25-50(78-41(8)66)31-63(83-48)33-61(10,75)29-51(84-63)21-35(2)37(4)58(79-42(9)67)40(7)53(70)26-47-24-49(77-11)30-62(82-47)28-45(69)23-46(81-62)15-13-12-14-16-55-39(6)54(71)32-64(76,85-55)60(52)74/h13,15,17-18,37-40,43-52,54-55,57-60,68-69,71,73-76H,1-3,12,14,16,19-33H2,4-11H3/b15-13-,18-17+/t37-,38+,39-,40-,43+,44-,45+,46+,47+,48-,49+,50+,51+,52-,54+,55-,57-,58+,59-,60+,61+,62-,63-,64-/m1/s1. The van der Waals surface area contributed by atoms with E-state index in [4.69, 9.17) is 54.2 Å². The number of aliphatic hydroxyl groups excluding tert-OH is 5. The van der Waals surface area contributed by atoms with Gasteiger partial charge in [0.2, 0.25) is 0 Å². The van der Waals surface area contributed by atoms with Gasteiger partial charge in [-0.3, -0.25) is 19.2 Å². The van der Waals surface area contributed by atoms with Gasteiger partial charge in [-0.15, -0.1) is 0 Å². The number of halogens is 1. The van der Waals surface area contributed by atoms with Gasteiger partial charge in [0.1, 0.15) is 30.2 Å². The summed E-state index contributed by atoms with van der Waals surface area (Å²) in [5, 5.41) is 83.1. The van der Waals surface area contributed by atoms with Gasteiger partial charge in [0.05, 0.1) is 79.0 Å². The first-order chi connectivity index (χ1) is 39.8. The number of fused-ring (bicyclic) bond motifs is 8. The number of rotatable bonds is 9. The fourth-order valence-electron chi connectivity index (χ4n) is 14.8. The molecule has 7 N–H and O–H groups in total. The molecule has 2 spiro atoms. The lowest BCUT2D eigenvalue weighted by atomic mass is 9.65. The van der Waals surface area contributed by atoms with Gasteiger partial charge in [-0.05, 0) is 69.8 Å². The average molecular weight is 1220 g/mol. The van der Waals surface area contributed by atoms with Crippen LogP contribution in [0.5, 0.6) is 0 Å². The van der Waals surface area contributed by atoms with Gasteiger partial charge < -0.3 is 78.4 Å². The van der Waals surface area contributed by atoms with Gasteiger partial charge in [-0.1, -0.05) is 88.4 Å². The van der Waals surface area contributed by atoms with Crippen LogP contribution in [0.15, 0.2) is 60.2 Å². The van der Waals surface area contributed by atoms with Crippen LogP contribution in [-0.4, -0.2) is 175 Å². The number of esters is 3. The molecular weight excluding hydrogens is 1120 g/mol. The molecule has 6 aliphatic heterocycles. The summed E-state index contributed by atoms with van der Waals surface area (Å²) in [6.45, 7) is 23.4. The smallest absolute Gasteiger partial charge is 0.308 e. The van der Waals surface area contributed by atoms with E-state index >= 15 is 0 Å². The molecular formula is C64H97ClO20. The van der Waals surface area contributed by atoms with Crippen LogP contribution in [0.2, 0.25) is 0 Å². The van der Waals surface area contributed by atoms with E-state index in [-0.39, 0.29) is 94.0 Å². The molecule has 21 heteroatoms. The maximum atomic E-state index is 14.5. The van der Waals surface area contributed by atoms with Gasteiger partial charge in [0.15, 0.2) is 17.4 Å². The summed E-state index contributed by atoms with van der Waals surface area (Å²) in [6, 6.07) is 0. The van der Waals surface area contributed by atoms with Crippen LogP contribution in [-0.2, 0) is 61.8 Å². The second kappa shape index (κ2) is 29.0. The predicted octanol–water partition coefficient (Wildman–Crippen LogP) is 6.78. The molecule has 20 nitrogen and oxygen atoms in total. The number of Topliss-reactive ketones (excluding diaryl/α,β-unsaturated/α-hetero) is 1. The number of ketones is 1. The first-order valence-electron chi connectivity index (χ1n) is 30.7. The molecule has 7 aliphatic rings. The van der Waals surface area contributed by atoms with Gasteiger partial charge in [0.25, 0.3) is 0 Å². The molecule has 0 aromatic rings. The minimum absolute atomic E-state index is 0.0157. The second-order valence-corrected chi connectivity index (χ2v) is 26.9. The molecule has 85 heavy (non-hydrogen) atoms. The maximum Gasteiger partial charge on any atom is 0.308 e. The highest BCUT2D eigenvalue weighted by Crippen LogP contribution is 2.49. The van der Waals surface area contributed by atoms with Crippen LogP contribution in [0.1, 0.15) is 164 Å². The van der Waals surface area contributed by atoms with Crippen LogP contribution in [0.3, 0.4) is 0 Å².